The molecular formula is C24H26ClN3O. The van der Waals surface area contributed by atoms with Crippen molar-refractivity contribution < 1.29 is 4.74 Å². The summed E-state index contributed by atoms with van der Waals surface area (Å²) >= 11 is 6.02. The second-order valence-corrected chi connectivity index (χ2v) is 7.56. The monoisotopic (exact) mass is 407 g/mol. The first-order valence-electron chi connectivity index (χ1n) is 10.2. The number of fused-ring (bicyclic) bond motifs is 3. The summed E-state index contributed by atoms with van der Waals surface area (Å²) in [5.74, 6) is 0.917. The minimum absolute atomic E-state index is 0.497. The maximum absolute atomic E-state index is 6.02. The number of nitrogens with one attached hydrogen (secondary N) is 1. The summed E-state index contributed by atoms with van der Waals surface area (Å²) in [6.07, 6.45) is 1.04. The van der Waals surface area contributed by atoms with Crippen molar-refractivity contribution in [3.8, 4) is 16.9 Å². The Morgan fingerprint density at radius 2 is 1.69 bits per heavy atom. The number of benzene rings is 2. The van der Waals surface area contributed by atoms with Gasteiger partial charge in [-0.25, -0.2) is 4.98 Å². The van der Waals surface area contributed by atoms with Crippen LogP contribution in [0.1, 0.15) is 20.3 Å². The van der Waals surface area contributed by atoms with Crippen LogP contribution in [0, 0.1) is 0 Å². The first-order valence-corrected chi connectivity index (χ1v) is 10.6. The van der Waals surface area contributed by atoms with E-state index in [4.69, 9.17) is 16.3 Å². The molecule has 0 aliphatic rings. The van der Waals surface area contributed by atoms with Crippen LogP contribution >= 0.6 is 11.6 Å². The van der Waals surface area contributed by atoms with Gasteiger partial charge in [-0.1, -0.05) is 43.6 Å². The summed E-state index contributed by atoms with van der Waals surface area (Å²) in [6.45, 7) is 8.40. The van der Waals surface area contributed by atoms with Gasteiger partial charge < -0.3 is 14.6 Å². The summed E-state index contributed by atoms with van der Waals surface area (Å²) < 4.78 is 5.91. The van der Waals surface area contributed by atoms with Gasteiger partial charge in [-0.3, -0.25) is 0 Å². The quantitative estimate of drug-likeness (QED) is 0.281. The molecule has 29 heavy (non-hydrogen) atoms. The van der Waals surface area contributed by atoms with Crippen molar-refractivity contribution in [2.75, 3.05) is 26.2 Å². The van der Waals surface area contributed by atoms with Crippen molar-refractivity contribution in [1.29, 1.82) is 0 Å². The van der Waals surface area contributed by atoms with Gasteiger partial charge in [0.15, 0.2) is 0 Å². The van der Waals surface area contributed by atoms with Gasteiger partial charge in [0, 0.05) is 22.8 Å². The largest absolute Gasteiger partial charge is 0.494 e. The third kappa shape index (κ3) is 4.39. The van der Waals surface area contributed by atoms with E-state index in [1.54, 1.807) is 0 Å². The fourth-order valence-electron chi connectivity index (χ4n) is 3.69. The highest BCUT2D eigenvalue weighted by atomic mass is 35.5. The van der Waals surface area contributed by atoms with Crippen LogP contribution in [-0.4, -0.2) is 41.1 Å². The molecular weight excluding hydrogens is 382 g/mol. The van der Waals surface area contributed by atoms with E-state index in [0.717, 1.165) is 60.3 Å². The zero-order valence-electron chi connectivity index (χ0n) is 16.9. The Morgan fingerprint density at radius 1 is 0.931 bits per heavy atom. The third-order valence-electron chi connectivity index (χ3n) is 5.39. The van der Waals surface area contributed by atoms with Gasteiger partial charge in [0.1, 0.15) is 16.5 Å². The zero-order valence-corrected chi connectivity index (χ0v) is 17.7. The lowest BCUT2D eigenvalue weighted by molar-refractivity contribution is 0.249. The Hall–Kier alpha value is -2.56. The highest BCUT2D eigenvalue weighted by molar-refractivity contribution is 6.30. The first-order chi connectivity index (χ1) is 14.2. The minimum Gasteiger partial charge on any atom is -0.494 e. The van der Waals surface area contributed by atoms with Crippen molar-refractivity contribution in [3.63, 3.8) is 0 Å². The molecule has 0 aliphatic heterocycles. The Morgan fingerprint density at radius 3 is 2.45 bits per heavy atom. The van der Waals surface area contributed by atoms with E-state index in [9.17, 15) is 0 Å². The molecule has 2 heterocycles. The zero-order chi connectivity index (χ0) is 20.2. The molecule has 5 heteroatoms. The molecule has 2 aromatic heterocycles. The van der Waals surface area contributed by atoms with Crippen LogP contribution in [0.4, 0.5) is 0 Å². The normalized spacial score (nSPS) is 11.6. The summed E-state index contributed by atoms with van der Waals surface area (Å²) in [7, 11) is 0. The average Bonchev–Trinajstić information content (AvgIpc) is 3.11. The number of rotatable bonds is 8. The summed E-state index contributed by atoms with van der Waals surface area (Å²) in [5.41, 5.74) is 4.21. The van der Waals surface area contributed by atoms with E-state index in [2.05, 4.69) is 59.0 Å². The SMILES string of the molecule is CCN(CC)CCCOc1ccc(-c2ccc3[nH]c4nc(Cl)ccc4c3c2)cc1. The highest BCUT2D eigenvalue weighted by Gasteiger charge is 2.08. The predicted octanol–water partition coefficient (Wildman–Crippen LogP) is 6.15. The number of pyridine rings is 1. The number of hydrogen-bond acceptors (Lipinski definition) is 3. The Kier molecular flexibility index (Phi) is 6.02. The number of halogens is 1. The van der Waals surface area contributed by atoms with Crippen LogP contribution in [0.15, 0.2) is 54.6 Å². The van der Waals surface area contributed by atoms with Crippen molar-refractivity contribution in [2.45, 2.75) is 20.3 Å². The molecule has 0 fully saturated rings. The maximum atomic E-state index is 6.02. The van der Waals surface area contributed by atoms with E-state index >= 15 is 0 Å². The number of ether oxygens (including phenoxy) is 1. The van der Waals surface area contributed by atoms with Gasteiger partial charge in [0.25, 0.3) is 0 Å². The smallest absolute Gasteiger partial charge is 0.140 e. The van der Waals surface area contributed by atoms with Gasteiger partial charge in [-0.15, -0.1) is 0 Å². The number of H-pyrrole nitrogens is 1. The molecule has 150 valence electrons. The molecule has 4 aromatic rings. The number of hydrogen-bond donors (Lipinski definition) is 1. The lowest BCUT2D eigenvalue weighted by Gasteiger charge is -2.17. The molecule has 0 spiro atoms. The summed E-state index contributed by atoms with van der Waals surface area (Å²) in [5, 5.41) is 2.73. The minimum atomic E-state index is 0.497. The Labute approximate surface area is 176 Å². The van der Waals surface area contributed by atoms with E-state index in [-0.39, 0.29) is 0 Å². The average molecular weight is 408 g/mol. The Balaban J connectivity index is 1.47. The number of nitrogens with zero attached hydrogens (tertiary/aromatic N) is 2. The fourth-order valence-corrected chi connectivity index (χ4v) is 3.84. The fraction of sp³-hybridized carbons (Fsp3) is 0.292. The van der Waals surface area contributed by atoms with Crippen LogP contribution in [-0.2, 0) is 0 Å². The second-order valence-electron chi connectivity index (χ2n) is 7.17. The topological polar surface area (TPSA) is 41.1 Å². The van der Waals surface area contributed by atoms with Crippen LogP contribution in [0.5, 0.6) is 5.75 Å². The Bertz CT molecular complexity index is 1100. The van der Waals surface area contributed by atoms with Crippen molar-refractivity contribution in [2.24, 2.45) is 0 Å². The predicted molar refractivity (Wildman–Crippen MR) is 122 cm³/mol. The molecule has 0 atom stereocenters. The van der Waals surface area contributed by atoms with E-state index in [0.29, 0.717) is 5.15 Å². The third-order valence-corrected chi connectivity index (χ3v) is 5.60. The molecule has 0 radical (unpaired) electrons. The van der Waals surface area contributed by atoms with Crippen LogP contribution in [0.2, 0.25) is 5.15 Å². The molecule has 0 bridgehead atoms. The molecule has 1 N–H and O–H groups in total. The van der Waals surface area contributed by atoms with Gasteiger partial charge in [0.05, 0.1) is 6.61 Å². The van der Waals surface area contributed by atoms with Gasteiger partial charge in [-0.05, 0) is 67.0 Å². The van der Waals surface area contributed by atoms with E-state index in [1.165, 1.54) is 11.1 Å². The number of aromatic amines is 1. The van der Waals surface area contributed by atoms with E-state index < -0.39 is 0 Å². The summed E-state index contributed by atoms with van der Waals surface area (Å²) in [6, 6.07) is 18.6. The molecule has 0 aliphatic carbocycles. The summed E-state index contributed by atoms with van der Waals surface area (Å²) in [4.78, 5) is 10.1. The molecule has 4 nitrogen and oxygen atoms in total. The van der Waals surface area contributed by atoms with Crippen molar-refractivity contribution in [3.05, 3.63) is 59.8 Å². The second kappa shape index (κ2) is 8.85. The lowest BCUT2D eigenvalue weighted by atomic mass is 10.0. The van der Waals surface area contributed by atoms with Crippen molar-refractivity contribution in [1.82, 2.24) is 14.9 Å². The van der Waals surface area contributed by atoms with Gasteiger partial charge >= 0.3 is 0 Å². The standard InChI is InChI=1S/C24H26ClN3O/c1-3-28(4-2)14-5-15-29-19-9-6-17(7-10-19)18-8-12-22-21(16-18)20-11-13-23(25)27-24(20)26-22/h6-13,16H,3-5,14-15H2,1-2H3,(H,26,27). The lowest BCUT2D eigenvalue weighted by Crippen LogP contribution is -2.25. The van der Waals surface area contributed by atoms with E-state index in [1.807, 2.05) is 24.3 Å². The van der Waals surface area contributed by atoms with Crippen LogP contribution in [0.3, 0.4) is 0 Å². The molecule has 0 saturated heterocycles. The molecule has 4 rings (SSSR count). The maximum Gasteiger partial charge on any atom is 0.140 e. The number of aromatic nitrogens is 2. The van der Waals surface area contributed by atoms with Gasteiger partial charge in [0.2, 0.25) is 0 Å². The highest BCUT2D eigenvalue weighted by Crippen LogP contribution is 2.30. The molecule has 0 saturated carbocycles. The van der Waals surface area contributed by atoms with Gasteiger partial charge in [-0.2, -0.15) is 0 Å². The van der Waals surface area contributed by atoms with Crippen molar-refractivity contribution >= 4 is 33.5 Å². The molecule has 0 unspecified atom stereocenters. The molecule has 2 aromatic carbocycles. The van der Waals surface area contributed by atoms with Crippen LogP contribution < -0.4 is 4.74 Å². The van der Waals surface area contributed by atoms with Crippen LogP contribution in [0.25, 0.3) is 33.1 Å². The molecule has 0 amide bonds. The first kappa shape index (κ1) is 19.7.